The maximum absolute atomic E-state index is 12.9. The van der Waals surface area contributed by atoms with E-state index in [-0.39, 0.29) is 5.91 Å². The van der Waals surface area contributed by atoms with E-state index >= 15 is 0 Å². The largest absolute Gasteiger partial charge is 0.342 e. The van der Waals surface area contributed by atoms with Crippen molar-refractivity contribution in [2.75, 3.05) is 7.05 Å². The first-order chi connectivity index (χ1) is 9.53. The second kappa shape index (κ2) is 6.43. The van der Waals surface area contributed by atoms with E-state index in [1.165, 1.54) is 25.7 Å². The fraction of sp³-hybridized carbons (Fsp3) is 0.611. The SMILES string of the molecule is CN(C(=O)C(C)(C)c1ccccc1)C1CCCCCC1. The van der Waals surface area contributed by atoms with Crippen LogP contribution in [0.15, 0.2) is 30.3 Å². The summed E-state index contributed by atoms with van der Waals surface area (Å²) in [6, 6.07) is 10.6. The van der Waals surface area contributed by atoms with Crippen LogP contribution in [0, 0.1) is 0 Å². The van der Waals surface area contributed by atoms with Crippen molar-refractivity contribution in [3.05, 3.63) is 35.9 Å². The van der Waals surface area contributed by atoms with Crippen LogP contribution in [0.4, 0.5) is 0 Å². The summed E-state index contributed by atoms with van der Waals surface area (Å²) in [4.78, 5) is 14.9. The normalized spacial score (nSPS) is 17.6. The van der Waals surface area contributed by atoms with Crippen LogP contribution < -0.4 is 0 Å². The Bertz CT molecular complexity index is 430. The molecule has 0 atom stereocenters. The van der Waals surface area contributed by atoms with Crippen molar-refractivity contribution in [2.24, 2.45) is 0 Å². The van der Waals surface area contributed by atoms with Gasteiger partial charge in [0.2, 0.25) is 5.91 Å². The zero-order chi connectivity index (χ0) is 14.6. The molecule has 1 aliphatic rings. The van der Waals surface area contributed by atoms with Crippen LogP contribution in [0.2, 0.25) is 0 Å². The lowest BCUT2D eigenvalue weighted by atomic mass is 9.82. The van der Waals surface area contributed by atoms with Gasteiger partial charge in [-0.25, -0.2) is 0 Å². The summed E-state index contributed by atoms with van der Waals surface area (Å²) in [5.74, 6) is 0.246. The van der Waals surface area contributed by atoms with E-state index in [1.807, 2.05) is 44.0 Å². The summed E-state index contributed by atoms with van der Waals surface area (Å²) in [5, 5.41) is 0. The Hall–Kier alpha value is -1.31. The Labute approximate surface area is 123 Å². The topological polar surface area (TPSA) is 20.3 Å². The minimum Gasteiger partial charge on any atom is -0.342 e. The highest BCUT2D eigenvalue weighted by Crippen LogP contribution is 2.28. The molecule has 0 saturated heterocycles. The number of hydrogen-bond acceptors (Lipinski definition) is 1. The molecule has 2 rings (SSSR count). The molecule has 110 valence electrons. The molecule has 1 aliphatic carbocycles. The molecule has 1 aromatic rings. The second-order valence-electron chi connectivity index (χ2n) is 6.55. The van der Waals surface area contributed by atoms with Gasteiger partial charge in [-0.05, 0) is 32.3 Å². The lowest BCUT2D eigenvalue weighted by Crippen LogP contribution is -2.46. The van der Waals surface area contributed by atoms with Crippen LogP contribution >= 0.6 is 0 Å². The molecule has 0 aromatic heterocycles. The molecule has 2 heteroatoms. The second-order valence-corrected chi connectivity index (χ2v) is 6.55. The van der Waals surface area contributed by atoms with Gasteiger partial charge in [0, 0.05) is 13.1 Å². The third-order valence-electron chi connectivity index (χ3n) is 4.72. The first-order valence-corrected chi connectivity index (χ1v) is 7.86. The lowest BCUT2D eigenvalue weighted by Gasteiger charge is -2.35. The standard InChI is InChI=1S/C18H27NO/c1-18(2,15-11-7-6-8-12-15)17(20)19(3)16-13-9-4-5-10-14-16/h6-8,11-12,16H,4-5,9-10,13-14H2,1-3H3. The Morgan fingerprint density at radius 3 is 2.15 bits per heavy atom. The predicted octanol–water partition coefficient (Wildman–Crippen LogP) is 4.15. The average Bonchev–Trinajstić information content (AvgIpc) is 2.75. The Balaban J connectivity index is 2.12. The molecule has 0 unspecified atom stereocenters. The van der Waals surface area contributed by atoms with E-state index in [2.05, 4.69) is 12.1 Å². The Morgan fingerprint density at radius 1 is 1.05 bits per heavy atom. The maximum Gasteiger partial charge on any atom is 0.232 e. The fourth-order valence-electron chi connectivity index (χ4n) is 3.23. The number of amides is 1. The summed E-state index contributed by atoms with van der Waals surface area (Å²) in [5.41, 5.74) is 0.660. The van der Waals surface area contributed by atoms with Gasteiger partial charge in [0.05, 0.1) is 5.41 Å². The van der Waals surface area contributed by atoms with E-state index in [1.54, 1.807) is 0 Å². The van der Waals surface area contributed by atoms with Gasteiger partial charge in [-0.2, -0.15) is 0 Å². The van der Waals surface area contributed by atoms with E-state index in [9.17, 15) is 4.79 Å². The zero-order valence-corrected chi connectivity index (χ0v) is 13.1. The summed E-state index contributed by atoms with van der Waals surface area (Å²) >= 11 is 0. The molecule has 0 spiro atoms. The molecular formula is C18H27NO. The number of carbonyl (C=O) groups is 1. The number of hydrogen-bond donors (Lipinski definition) is 0. The quantitative estimate of drug-likeness (QED) is 0.758. The van der Waals surface area contributed by atoms with E-state index in [0.29, 0.717) is 6.04 Å². The fourth-order valence-corrected chi connectivity index (χ4v) is 3.23. The molecule has 2 nitrogen and oxygen atoms in total. The molecule has 0 aliphatic heterocycles. The number of likely N-dealkylation sites (N-methyl/N-ethyl adjacent to an activating group) is 1. The number of benzene rings is 1. The highest BCUT2D eigenvalue weighted by atomic mass is 16.2. The van der Waals surface area contributed by atoms with Crippen molar-refractivity contribution >= 4 is 5.91 Å². The zero-order valence-electron chi connectivity index (χ0n) is 13.1. The van der Waals surface area contributed by atoms with Gasteiger partial charge in [0.1, 0.15) is 0 Å². The molecule has 1 aromatic carbocycles. The van der Waals surface area contributed by atoms with Crippen molar-refractivity contribution in [1.29, 1.82) is 0 Å². The van der Waals surface area contributed by atoms with Crippen LogP contribution in [0.1, 0.15) is 57.9 Å². The van der Waals surface area contributed by atoms with E-state index in [4.69, 9.17) is 0 Å². The average molecular weight is 273 g/mol. The molecule has 0 heterocycles. The third kappa shape index (κ3) is 3.23. The molecule has 1 fully saturated rings. The molecule has 0 radical (unpaired) electrons. The molecule has 0 N–H and O–H groups in total. The molecule has 0 bridgehead atoms. The van der Waals surface area contributed by atoms with Crippen molar-refractivity contribution in [3.63, 3.8) is 0 Å². The highest BCUT2D eigenvalue weighted by molar-refractivity contribution is 5.87. The van der Waals surface area contributed by atoms with Crippen molar-refractivity contribution in [2.45, 2.75) is 63.8 Å². The predicted molar refractivity (Wildman–Crippen MR) is 83.7 cm³/mol. The maximum atomic E-state index is 12.9. The minimum absolute atomic E-state index is 0.246. The Morgan fingerprint density at radius 2 is 1.60 bits per heavy atom. The highest BCUT2D eigenvalue weighted by Gasteiger charge is 2.34. The van der Waals surface area contributed by atoms with Crippen LogP contribution in [0.25, 0.3) is 0 Å². The van der Waals surface area contributed by atoms with Gasteiger partial charge in [-0.15, -0.1) is 0 Å². The number of nitrogens with zero attached hydrogens (tertiary/aromatic N) is 1. The summed E-state index contributed by atoms with van der Waals surface area (Å²) in [7, 11) is 1.99. The third-order valence-corrected chi connectivity index (χ3v) is 4.72. The first-order valence-electron chi connectivity index (χ1n) is 7.86. The van der Waals surface area contributed by atoms with Crippen LogP contribution in [-0.4, -0.2) is 23.9 Å². The van der Waals surface area contributed by atoms with Crippen LogP contribution in [-0.2, 0) is 10.2 Å². The molecule has 1 amide bonds. The van der Waals surface area contributed by atoms with E-state index in [0.717, 1.165) is 18.4 Å². The summed E-state index contributed by atoms with van der Waals surface area (Å²) in [6.45, 7) is 4.08. The van der Waals surface area contributed by atoms with Gasteiger partial charge in [-0.1, -0.05) is 56.0 Å². The molecule has 20 heavy (non-hydrogen) atoms. The van der Waals surface area contributed by atoms with Crippen LogP contribution in [0.5, 0.6) is 0 Å². The summed E-state index contributed by atoms with van der Waals surface area (Å²) < 4.78 is 0. The monoisotopic (exact) mass is 273 g/mol. The molecular weight excluding hydrogens is 246 g/mol. The van der Waals surface area contributed by atoms with Crippen LogP contribution in [0.3, 0.4) is 0 Å². The van der Waals surface area contributed by atoms with Gasteiger partial charge < -0.3 is 4.90 Å². The van der Waals surface area contributed by atoms with Gasteiger partial charge in [0.25, 0.3) is 0 Å². The van der Waals surface area contributed by atoms with Gasteiger partial charge >= 0.3 is 0 Å². The van der Waals surface area contributed by atoms with E-state index < -0.39 is 5.41 Å². The van der Waals surface area contributed by atoms with Crippen molar-refractivity contribution in [3.8, 4) is 0 Å². The lowest BCUT2D eigenvalue weighted by molar-refractivity contribution is -0.137. The van der Waals surface area contributed by atoms with Gasteiger partial charge in [0.15, 0.2) is 0 Å². The smallest absolute Gasteiger partial charge is 0.232 e. The number of rotatable bonds is 3. The van der Waals surface area contributed by atoms with Gasteiger partial charge in [-0.3, -0.25) is 4.79 Å². The van der Waals surface area contributed by atoms with Crippen molar-refractivity contribution in [1.82, 2.24) is 4.90 Å². The summed E-state index contributed by atoms with van der Waals surface area (Å²) in [6.07, 6.45) is 7.48. The Kier molecular flexibility index (Phi) is 4.85. The molecule has 1 saturated carbocycles. The first kappa shape index (κ1) is 15.1. The minimum atomic E-state index is -0.442. The number of carbonyl (C=O) groups excluding carboxylic acids is 1. The van der Waals surface area contributed by atoms with Crippen molar-refractivity contribution < 1.29 is 4.79 Å².